The van der Waals surface area contributed by atoms with Crippen LogP contribution in [0.15, 0.2) is 30.6 Å². The first kappa shape index (κ1) is 15.0. The smallest absolute Gasteiger partial charge is 0.317 e. The van der Waals surface area contributed by atoms with Gasteiger partial charge in [0.15, 0.2) is 0 Å². The van der Waals surface area contributed by atoms with Gasteiger partial charge < -0.3 is 15.3 Å². The maximum atomic E-state index is 12.0. The topological polar surface area (TPSA) is 82.5 Å². The largest absolute Gasteiger partial charge is 0.481 e. The summed E-state index contributed by atoms with van der Waals surface area (Å²) in [5.41, 5.74) is 2.19. The van der Waals surface area contributed by atoms with E-state index < -0.39 is 5.97 Å². The Kier molecular flexibility index (Phi) is 5.31. The SMILES string of the molecule is O=C(O)CCCNC(=O)N1CCC=C(c2ccncc2)C1. The Morgan fingerprint density at radius 2 is 2.10 bits per heavy atom. The predicted molar refractivity (Wildman–Crippen MR) is 78.7 cm³/mol. The van der Waals surface area contributed by atoms with Gasteiger partial charge in [-0.25, -0.2) is 4.79 Å². The monoisotopic (exact) mass is 289 g/mol. The van der Waals surface area contributed by atoms with E-state index in [1.807, 2.05) is 12.1 Å². The Morgan fingerprint density at radius 3 is 2.81 bits per heavy atom. The number of aromatic nitrogens is 1. The number of carbonyl (C=O) groups excluding carboxylic acids is 1. The van der Waals surface area contributed by atoms with E-state index in [1.54, 1.807) is 17.3 Å². The number of pyridine rings is 1. The summed E-state index contributed by atoms with van der Waals surface area (Å²) in [4.78, 5) is 28.2. The van der Waals surface area contributed by atoms with Crippen LogP contribution in [0, 0.1) is 0 Å². The third-order valence-electron chi connectivity index (χ3n) is 3.33. The molecule has 6 nitrogen and oxygen atoms in total. The molecule has 0 saturated heterocycles. The molecule has 1 aliphatic rings. The number of nitrogens with one attached hydrogen (secondary N) is 1. The summed E-state index contributed by atoms with van der Waals surface area (Å²) >= 11 is 0. The second-order valence-electron chi connectivity index (χ2n) is 4.90. The first-order valence-electron chi connectivity index (χ1n) is 7.01. The van der Waals surface area contributed by atoms with Gasteiger partial charge in [0, 0.05) is 38.4 Å². The molecule has 21 heavy (non-hydrogen) atoms. The van der Waals surface area contributed by atoms with Crippen molar-refractivity contribution < 1.29 is 14.7 Å². The Labute approximate surface area is 123 Å². The summed E-state index contributed by atoms with van der Waals surface area (Å²) < 4.78 is 0. The van der Waals surface area contributed by atoms with E-state index in [2.05, 4.69) is 16.4 Å². The molecule has 1 aromatic heterocycles. The maximum absolute atomic E-state index is 12.0. The quantitative estimate of drug-likeness (QED) is 0.809. The van der Waals surface area contributed by atoms with Crippen molar-refractivity contribution in [2.45, 2.75) is 19.3 Å². The van der Waals surface area contributed by atoms with Crippen LogP contribution in [0.2, 0.25) is 0 Å². The van der Waals surface area contributed by atoms with Crippen LogP contribution in [-0.2, 0) is 4.79 Å². The summed E-state index contributed by atoms with van der Waals surface area (Å²) in [5.74, 6) is -0.842. The van der Waals surface area contributed by atoms with E-state index in [9.17, 15) is 9.59 Å². The normalized spacial score (nSPS) is 14.5. The van der Waals surface area contributed by atoms with Gasteiger partial charge in [0.25, 0.3) is 0 Å². The standard InChI is InChI=1S/C15H19N3O3/c19-14(20)4-1-7-17-15(21)18-10-2-3-13(11-18)12-5-8-16-9-6-12/h3,5-6,8-9H,1-2,4,7,10-11H2,(H,17,21)(H,19,20). The molecule has 0 aromatic carbocycles. The van der Waals surface area contributed by atoms with Crippen molar-refractivity contribution in [3.8, 4) is 0 Å². The van der Waals surface area contributed by atoms with E-state index in [-0.39, 0.29) is 12.5 Å². The molecule has 0 fully saturated rings. The number of aliphatic carboxylic acids is 1. The average Bonchev–Trinajstić information content (AvgIpc) is 2.52. The van der Waals surface area contributed by atoms with Gasteiger partial charge >= 0.3 is 12.0 Å². The average molecular weight is 289 g/mol. The van der Waals surface area contributed by atoms with E-state index >= 15 is 0 Å². The molecular weight excluding hydrogens is 270 g/mol. The van der Waals surface area contributed by atoms with Gasteiger partial charge in [0.05, 0.1) is 0 Å². The molecule has 2 N–H and O–H groups in total. The first-order chi connectivity index (χ1) is 10.2. The van der Waals surface area contributed by atoms with Gasteiger partial charge in [-0.15, -0.1) is 0 Å². The number of urea groups is 1. The van der Waals surface area contributed by atoms with Crippen molar-refractivity contribution >= 4 is 17.6 Å². The second kappa shape index (κ2) is 7.42. The van der Waals surface area contributed by atoms with Crippen LogP contribution in [-0.4, -0.2) is 46.6 Å². The fraction of sp³-hybridized carbons (Fsp3) is 0.400. The molecule has 112 valence electrons. The number of carbonyl (C=O) groups is 2. The lowest BCUT2D eigenvalue weighted by Crippen LogP contribution is -2.43. The summed E-state index contributed by atoms with van der Waals surface area (Å²) in [6, 6.07) is 3.72. The van der Waals surface area contributed by atoms with E-state index in [4.69, 9.17) is 5.11 Å². The Morgan fingerprint density at radius 1 is 1.33 bits per heavy atom. The molecule has 2 rings (SSSR count). The zero-order valence-electron chi connectivity index (χ0n) is 11.8. The van der Waals surface area contributed by atoms with Gasteiger partial charge in [-0.3, -0.25) is 9.78 Å². The first-order valence-corrected chi connectivity index (χ1v) is 7.01. The van der Waals surface area contributed by atoms with Crippen LogP contribution >= 0.6 is 0 Å². The number of hydrogen-bond donors (Lipinski definition) is 2. The van der Waals surface area contributed by atoms with Crippen LogP contribution in [0.1, 0.15) is 24.8 Å². The molecule has 1 aromatic rings. The minimum absolute atomic E-state index is 0.0719. The Hall–Kier alpha value is -2.37. The van der Waals surface area contributed by atoms with Crippen molar-refractivity contribution in [2.75, 3.05) is 19.6 Å². The van der Waals surface area contributed by atoms with Gasteiger partial charge in [-0.1, -0.05) is 6.08 Å². The van der Waals surface area contributed by atoms with Crippen molar-refractivity contribution in [3.63, 3.8) is 0 Å². The Bertz CT molecular complexity index is 528. The number of rotatable bonds is 5. The minimum Gasteiger partial charge on any atom is -0.481 e. The highest BCUT2D eigenvalue weighted by atomic mass is 16.4. The van der Waals surface area contributed by atoms with Gasteiger partial charge in [-0.2, -0.15) is 0 Å². The summed E-state index contributed by atoms with van der Waals surface area (Å²) in [6.45, 7) is 1.63. The van der Waals surface area contributed by atoms with E-state index in [1.165, 1.54) is 0 Å². The number of hydrogen-bond acceptors (Lipinski definition) is 3. The molecule has 0 atom stereocenters. The van der Waals surface area contributed by atoms with E-state index in [0.717, 1.165) is 17.6 Å². The fourth-order valence-electron chi connectivity index (χ4n) is 2.24. The molecule has 0 aliphatic carbocycles. The molecule has 0 spiro atoms. The van der Waals surface area contributed by atoms with Crippen LogP contribution in [0.25, 0.3) is 5.57 Å². The van der Waals surface area contributed by atoms with Crippen LogP contribution < -0.4 is 5.32 Å². The van der Waals surface area contributed by atoms with Gasteiger partial charge in [0.2, 0.25) is 0 Å². The van der Waals surface area contributed by atoms with E-state index in [0.29, 0.717) is 26.1 Å². The molecule has 2 amide bonds. The van der Waals surface area contributed by atoms with Crippen LogP contribution in [0.4, 0.5) is 4.79 Å². The third kappa shape index (κ3) is 4.59. The van der Waals surface area contributed by atoms with Crippen molar-refractivity contribution in [1.29, 1.82) is 0 Å². The molecule has 1 aliphatic heterocycles. The van der Waals surface area contributed by atoms with Gasteiger partial charge in [-0.05, 0) is 36.1 Å². The number of carboxylic acid groups (broad SMARTS) is 1. The highest BCUT2D eigenvalue weighted by molar-refractivity contribution is 5.78. The molecule has 0 saturated carbocycles. The van der Waals surface area contributed by atoms with Crippen molar-refractivity contribution in [2.24, 2.45) is 0 Å². The van der Waals surface area contributed by atoms with Crippen LogP contribution in [0.5, 0.6) is 0 Å². The van der Waals surface area contributed by atoms with Crippen LogP contribution in [0.3, 0.4) is 0 Å². The van der Waals surface area contributed by atoms with Crippen molar-refractivity contribution in [3.05, 3.63) is 36.2 Å². The highest BCUT2D eigenvalue weighted by Crippen LogP contribution is 2.19. The van der Waals surface area contributed by atoms with Gasteiger partial charge in [0.1, 0.15) is 0 Å². The lowest BCUT2D eigenvalue weighted by atomic mass is 10.0. The zero-order valence-corrected chi connectivity index (χ0v) is 11.8. The molecule has 2 heterocycles. The second-order valence-corrected chi connectivity index (χ2v) is 4.90. The Balaban J connectivity index is 1.84. The summed E-state index contributed by atoms with van der Waals surface area (Å²) in [6.07, 6.45) is 6.95. The molecule has 6 heteroatoms. The zero-order chi connectivity index (χ0) is 15.1. The third-order valence-corrected chi connectivity index (χ3v) is 3.33. The fourth-order valence-corrected chi connectivity index (χ4v) is 2.24. The minimum atomic E-state index is -0.842. The molecule has 0 bridgehead atoms. The summed E-state index contributed by atoms with van der Waals surface area (Å²) in [7, 11) is 0. The number of carboxylic acids is 1. The highest BCUT2D eigenvalue weighted by Gasteiger charge is 2.18. The lowest BCUT2D eigenvalue weighted by molar-refractivity contribution is -0.137. The lowest BCUT2D eigenvalue weighted by Gasteiger charge is -2.27. The predicted octanol–water partition coefficient (Wildman–Crippen LogP) is 1.75. The summed E-state index contributed by atoms with van der Waals surface area (Å²) in [5, 5.41) is 11.3. The number of amides is 2. The molecule has 0 unspecified atom stereocenters. The molecular formula is C15H19N3O3. The molecule has 0 radical (unpaired) electrons. The van der Waals surface area contributed by atoms with Crippen molar-refractivity contribution in [1.82, 2.24) is 15.2 Å². The number of nitrogens with zero attached hydrogens (tertiary/aromatic N) is 2. The maximum Gasteiger partial charge on any atom is 0.317 e.